The van der Waals surface area contributed by atoms with E-state index in [0.29, 0.717) is 17.9 Å². The summed E-state index contributed by atoms with van der Waals surface area (Å²) in [5.41, 5.74) is 3.44. The molecule has 0 aliphatic rings. The van der Waals surface area contributed by atoms with Crippen molar-refractivity contribution >= 4 is 5.82 Å². The number of nitrogens with zero attached hydrogens (tertiary/aromatic N) is 2. The molecule has 4 nitrogen and oxygen atoms in total. The van der Waals surface area contributed by atoms with E-state index >= 15 is 0 Å². The fourth-order valence-corrected chi connectivity index (χ4v) is 2.13. The van der Waals surface area contributed by atoms with Crippen molar-refractivity contribution < 1.29 is 4.74 Å². The van der Waals surface area contributed by atoms with Gasteiger partial charge < -0.3 is 10.1 Å². The van der Waals surface area contributed by atoms with Gasteiger partial charge in [-0.15, -0.1) is 0 Å². The molecule has 0 saturated carbocycles. The Labute approximate surface area is 119 Å². The zero-order valence-electron chi connectivity index (χ0n) is 11.9. The van der Waals surface area contributed by atoms with Crippen LogP contribution < -0.4 is 10.1 Å². The summed E-state index contributed by atoms with van der Waals surface area (Å²) >= 11 is 0. The highest BCUT2D eigenvalue weighted by molar-refractivity contribution is 5.56. The third-order valence-corrected chi connectivity index (χ3v) is 3.10. The summed E-state index contributed by atoms with van der Waals surface area (Å²) in [6.07, 6.45) is 0. The Kier molecular flexibility index (Phi) is 4.21. The minimum absolute atomic E-state index is 0.564. The van der Waals surface area contributed by atoms with Crippen LogP contribution in [-0.4, -0.2) is 12.1 Å². The third kappa shape index (κ3) is 2.89. The van der Waals surface area contributed by atoms with Gasteiger partial charge in [-0.05, 0) is 31.5 Å². The lowest BCUT2D eigenvalue weighted by atomic mass is 10.1. The van der Waals surface area contributed by atoms with Crippen molar-refractivity contribution in [1.29, 1.82) is 5.26 Å². The number of para-hydroxylation sites is 1. The van der Waals surface area contributed by atoms with E-state index in [4.69, 9.17) is 4.74 Å². The number of pyridine rings is 1. The standard InChI is InChI=1S/C16H17N3O/c1-11-8-12(2)19-16(14(11)9-17)18-10-13-6-4-5-7-15(13)20-3/h4-8H,10H2,1-3H3,(H,18,19). The average Bonchev–Trinajstić information content (AvgIpc) is 2.45. The van der Waals surface area contributed by atoms with Gasteiger partial charge in [-0.25, -0.2) is 4.98 Å². The van der Waals surface area contributed by atoms with Crippen LogP contribution in [0.3, 0.4) is 0 Å². The average molecular weight is 267 g/mol. The number of hydrogen-bond donors (Lipinski definition) is 1. The lowest BCUT2D eigenvalue weighted by Gasteiger charge is -2.12. The van der Waals surface area contributed by atoms with Gasteiger partial charge in [-0.3, -0.25) is 0 Å². The van der Waals surface area contributed by atoms with Crippen LogP contribution in [0.2, 0.25) is 0 Å². The van der Waals surface area contributed by atoms with E-state index in [1.165, 1.54) is 0 Å². The van der Waals surface area contributed by atoms with Crippen molar-refractivity contribution in [2.45, 2.75) is 20.4 Å². The van der Waals surface area contributed by atoms with E-state index in [2.05, 4.69) is 16.4 Å². The second-order valence-electron chi connectivity index (χ2n) is 4.58. The number of methoxy groups -OCH3 is 1. The zero-order valence-corrected chi connectivity index (χ0v) is 11.9. The number of anilines is 1. The second-order valence-corrected chi connectivity index (χ2v) is 4.58. The number of benzene rings is 1. The third-order valence-electron chi connectivity index (χ3n) is 3.10. The van der Waals surface area contributed by atoms with Gasteiger partial charge in [0.25, 0.3) is 0 Å². The Morgan fingerprint density at radius 1 is 1.30 bits per heavy atom. The van der Waals surface area contributed by atoms with Crippen LogP contribution in [0.15, 0.2) is 30.3 Å². The minimum Gasteiger partial charge on any atom is -0.496 e. The smallest absolute Gasteiger partial charge is 0.144 e. The van der Waals surface area contributed by atoms with Gasteiger partial charge in [-0.1, -0.05) is 18.2 Å². The summed E-state index contributed by atoms with van der Waals surface area (Å²) in [5, 5.41) is 12.5. The van der Waals surface area contributed by atoms with Gasteiger partial charge in [0.05, 0.1) is 12.7 Å². The highest BCUT2D eigenvalue weighted by Crippen LogP contribution is 2.21. The predicted octanol–water partition coefficient (Wildman–Crippen LogP) is 3.19. The molecular weight excluding hydrogens is 250 g/mol. The lowest BCUT2D eigenvalue weighted by molar-refractivity contribution is 0.410. The van der Waals surface area contributed by atoms with Crippen molar-refractivity contribution in [3.05, 3.63) is 52.7 Å². The Bertz CT molecular complexity index is 659. The number of ether oxygens (including phenoxy) is 1. The molecule has 0 aliphatic heterocycles. The highest BCUT2D eigenvalue weighted by Gasteiger charge is 2.09. The summed E-state index contributed by atoms with van der Waals surface area (Å²) < 4.78 is 5.31. The van der Waals surface area contributed by atoms with E-state index < -0.39 is 0 Å². The molecule has 1 aromatic carbocycles. The number of aryl methyl sites for hydroxylation is 2. The molecule has 0 amide bonds. The molecule has 20 heavy (non-hydrogen) atoms. The first-order valence-corrected chi connectivity index (χ1v) is 6.40. The first-order chi connectivity index (χ1) is 9.65. The Hall–Kier alpha value is -2.54. The Morgan fingerprint density at radius 2 is 2.05 bits per heavy atom. The fraction of sp³-hybridized carbons (Fsp3) is 0.250. The summed E-state index contributed by atoms with van der Waals surface area (Å²) in [7, 11) is 1.65. The predicted molar refractivity (Wildman–Crippen MR) is 78.7 cm³/mol. The molecule has 0 bridgehead atoms. The first kappa shape index (κ1) is 13.9. The molecule has 4 heteroatoms. The molecule has 1 N–H and O–H groups in total. The maximum Gasteiger partial charge on any atom is 0.144 e. The normalized spacial score (nSPS) is 9.90. The molecule has 0 aliphatic carbocycles. The van der Waals surface area contributed by atoms with Crippen LogP contribution in [0.25, 0.3) is 0 Å². The van der Waals surface area contributed by atoms with Crippen LogP contribution >= 0.6 is 0 Å². The van der Waals surface area contributed by atoms with E-state index in [-0.39, 0.29) is 0 Å². The molecule has 102 valence electrons. The van der Waals surface area contributed by atoms with Crippen LogP contribution in [0.5, 0.6) is 5.75 Å². The van der Waals surface area contributed by atoms with Crippen molar-refractivity contribution in [2.75, 3.05) is 12.4 Å². The number of hydrogen-bond acceptors (Lipinski definition) is 4. The van der Waals surface area contributed by atoms with Crippen LogP contribution in [0.1, 0.15) is 22.4 Å². The minimum atomic E-state index is 0.564. The van der Waals surface area contributed by atoms with Crippen LogP contribution in [0, 0.1) is 25.2 Å². The van der Waals surface area contributed by atoms with Crippen molar-refractivity contribution in [1.82, 2.24) is 4.98 Å². The van der Waals surface area contributed by atoms with Crippen molar-refractivity contribution in [2.24, 2.45) is 0 Å². The Morgan fingerprint density at radius 3 is 2.75 bits per heavy atom. The molecular formula is C16H17N3O. The van der Waals surface area contributed by atoms with Crippen molar-refractivity contribution in [3.63, 3.8) is 0 Å². The molecule has 1 aromatic heterocycles. The van der Waals surface area contributed by atoms with Crippen molar-refractivity contribution in [3.8, 4) is 11.8 Å². The summed E-state index contributed by atoms with van der Waals surface area (Å²) in [6, 6.07) is 11.9. The van der Waals surface area contributed by atoms with E-state index in [1.54, 1.807) is 7.11 Å². The molecule has 0 saturated heterocycles. The van der Waals surface area contributed by atoms with Gasteiger partial charge in [0.2, 0.25) is 0 Å². The first-order valence-electron chi connectivity index (χ1n) is 6.40. The quantitative estimate of drug-likeness (QED) is 0.924. The maximum absolute atomic E-state index is 9.23. The highest BCUT2D eigenvalue weighted by atomic mass is 16.5. The van der Waals surface area contributed by atoms with Crippen LogP contribution in [-0.2, 0) is 6.54 Å². The molecule has 0 unspecified atom stereocenters. The van der Waals surface area contributed by atoms with Gasteiger partial charge in [0, 0.05) is 17.8 Å². The van der Waals surface area contributed by atoms with Gasteiger partial charge in [0.15, 0.2) is 0 Å². The molecule has 1 heterocycles. The summed E-state index contributed by atoms with van der Waals surface area (Å²) in [5.74, 6) is 1.44. The Balaban J connectivity index is 2.25. The number of nitrogens with one attached hydrogen (secondary N) is 1. The molecule has 0 radical (unpaired) electrons. The largest absolute Gasteiger partial charge is 0.496 e. The fourth-order valence-electron chi connectivity index (χ4n) is 2.13. The second kappa shape index (κ2) is 6.07. The summed E-state index contributed by atoms with van der Waals surface area (Å²) in [6.45, 7) is 4.40. The number of rotatable bonds is 4. The topological polar surface area (TPSA) is 57.9 Å². The molecule has 0 atom stereocenters. The van der Waals surface area contributed by atoms with Gasteiger partial charge in [-0.2, -0.15) is 5.26 Å². The molecule has 2 aromatic rings. The molecule has 0 fully saturated rings. The molecule has 0 spiro atoms. The van der Waals surface area contributed by atoms with Gasteiger partial charge >= 0.3 is 0 Å². The summed E-state index contributed by atoms with van der Waals surface area (Å²) in [4.78, 5) is 4.40. The molecule has 2 rings (SSSR count). The SMILES string of the molecule is COc1ccccc1CNc1nc(C)cc(C)c1C#N. The van der Waals surface area contributed by atoms with Gasteiger partial charge in [0.1, 0.15) is 17.6 Å². The van der Waals surface area contributed by atoms with E-state index in [9.17, 15) is 5.26 Å². The lowest BCUT2D eigenvalue weighted by Crippen LogP contribution is -2.06. The maximum atomic E-state index is 9.23. The zero-order chi connectivity index (χ0) is 14.5. The van der Waals surface area contributed by atoms with E-state index in [1.807, 2.05) is 44.2 Å². The number of aromatic nitrogens is 1. The van der Waals surface area contributed by atoms with E-state index in [0.717, 1.165) is 22.6 Å². The number of nitriles is 1. The monoisotopic (exact) mass is 267 g/mol. The van der Waals surface area contributed by atoms with Crippen LogP contribution in [0.4, 0.5) is 5.82 Å².